The molecule has 20 heavy (non-hydrogen) atoms. The molecule has 0 aliphatic heterocycles. The first-order valence-electron chi connectivity index (χ1n) is 6.20. The number of hydrogen-bond acceptors (Lipinski definition) is 2. The molecule has 2 aromatic rings. The molecule has 0 bridgehead atoms. The van der Waals surface area contributed by atoms with Crippen LogP contribution < -0.4 is 10.6 Å². The molecule has 0 aromatic heterocycles. The number of benzene rings is 2. The standard InChI is InChI=1S/C15H15BrFN3/c1-2-20(12-5-3-4-11(17)9-12)14-7-6-10(15(18)19)8-13(14)16/h3-9H,2H2,1H3,(H3,18,19). The number of nitrogens with one attached hydrogen (secondary N) is 1. The highest BCUT2D eigenvalue weighted by Crippen LogP contribution is 2.32. The van der Waals surface area contributed by atoms with Crippen molar-refractivity contribution in [2.45, 2.75) is 6.92 Å². The van der Waals surface area contributed by atoms with Gasteiger partial charge in [0.1, 0.15) is 11.7 Å². The third-order valence-corrected chi connectivity index (χ3v) is 3.62. The molecule has 0 aliphatic rings. The second-order valence-electron chi connectivity index (χ2n) is 4.30. The summed E-state index contributed by atoms with van der Waals surface area (Å²) in [5.74, 6) is -0.247. The number of amidine groups is 1. The first kappa shape index (κ1) is 14.5. The van der Waals surface area contributed by atoms with Gasteiger partial charge in [-0.3, -0.25) is 5.41 Å². The maximum atomic E-state index is 13.4. The van der Waals surface area contributed by atoms with E-state index in [1.807, 2.05) is 24.0 Å². The van der Waals surface area contributed by atoms with E-state index < -0.39 is 0 Å². The lowest BCUT2D eigenvalue weighted by Gasteiger charge is -2.25. The summed E-state index contributed by atoms with van der Waals surface area (Å²) < 4.78 is 14.2. The van der Waals surface area contributed by atoms with Gasteiger partial charge in [0.2, 0.25) is 0 Å². The van der Waals surface area contributed by atoms with Crippen molar-refractivity contribution in [1.82, 2.24) is 0 Å². The molecule has 2 rings (SSSR count). The summed E-state index contributed by atoms with van der Waals surface area (Å²) in [6.45, 7) is 2.69. The van der Waals surface area contributed by atoms with Crippen molar-refractivity contribution in [3.63, 3.8) is 0 Å². The highest BCUT2D eigenvalue weighted by molar-refractivity contribution is 9.10. The highest BCUT2D eigenvalue weighted by Gasteiger charge is 2.12. The van der Waals surface area contributed by atoms with Crippen molar-refractivity contribution >= 4 is 33.1 Å². The monoisotopic (exact) mass is 335 g/mol. The Hall–Kier alpha value is -1.88. The van der Waals surface area contributed by atoms with Crippen molar-refractivity contribution in [3.8, 4) is 0 Å². The van der Waals surface area contributed by atoms with E-state index in [0.717, 1.165) is 15.8 Å². The van der Waals surface area contributed by atoms with Gasteiger partial charge in [-0.05, 0) is 59.3 Å². The van der Waals surface area contributed by atoms with Gasteiger partial charge in [-0.25, -0.2) is 4.39 Å². The number of halogens is 2. The molecule has 0 atom stereocenters. The number of hydrogen-bond donors (Lipinski definition) is 2. The van der Waals surface area contributed by atoms with Crippen LogP contribution in [0.2, 0.25) is 0 Å². The minimum Gasteiger partial charge on any atom is -0.384 e. The number of anilines is 2. The van der Waals surface area contributed by atoms with Gasteiger partial charge in [-0.2, -0.15) is 0 Å². The van der Waals surface area contributed by atoms with Crippen LogP contribution >= 0.6 is 15.9 Å². The van der Waals surface area contributed by atoms with Gasteiger partial charge in [0.25, 0.3) is 0 Å². The van der Waals surface area contributed by atoms with Gasteiger partial charge >= 0.3 is 0 Å². The smallest absolute Gasteiger partial charge is 0.125 e. The first-order chi connectivity index (χ1) is 9.52. The fraction of sp³-hybridized carbons (Fsp3) is 0.133. The zero-order chi connectivity index (χ0) is 14.7. The van der Waals surface area contributed by atoms with E-state index in [1.54, 1.807) is 18.2 Å². The summed E-state index contributed by atoms with van der Waals surface area (Å²) >= 11 is 3.49. The van der Waals surface area contributed by atoms with Crippen LogP contribution in [0.4, 0.5) is 15.8 Å². The summed E-state index contributed by atoms with van der Waals surface area (Å²) in [7, 11) is 0. The Morgan fingerprint density at radius 3 is 2.60 bits per heavy atom. The highest BCUT2D eigenvalue weighted by atomic mass is 79.9. The molecule has 0 spiro atoms. The average molecular weight is 336 g/mol. The van der Waals surface area contributed by atoms with Crippen LogP contribution in [-0.4, -0.2) is 12.4 Å². The van der Waals surface area contributed by atoms with Crippen LogP contribution in [0.3, 0.4) is 0 Å². The molecule has 3 nitrogen and oxygen atoms in total. The van der Waals surface area contributed by atoms with E-state index in [0.29, 0.717) is 12.1 Å². The maximum Gasteiger partial charge on any atom is 0.125 e. The molecular weight excluding hydrogens is 321 g/mol. The molecular formula is C15H15BrFN3. The molecule has 0 aliphatic carbocycles. The van der Waals surface area contributed by atoms with E-state index in [2.05, 4.69) is 15.9 Å². The summed E-state index contributed by atoms with van der Waals surface area (Å²) in [4.78, 5) is 1.98. The Morgan fingerprint density at radius 2 is 2.05 bits per heavy atom. The van der Waals surface area contributed by atoms with Crippen LogP contribution in [0.25, 0.3) is 0 Å². The fourth-order valence-corrected chi connectivity index (χ4v) is 2.62. The Kier molecular flexibility index (Phi) is 4.39. The van der Waals surface area contributed by atoms with Crippen molar-refractivity contribution < 1.29 is 4.39 Å². The number of nitrogens with zero attached hydrogens (tertiary/aromatic N) is 1. The molecule has 0 saturated carbocycles. The molecule has 0 radical (unpaired) electrons. The Morgan fingerprint density at radius 1 is 1.30 bits per heavy atom. The van der Waals surface area contributed by atoms with Gasteiger partial charge < -0.3 is 10.6 Å². The molecule has 5 heteroatoms. The topological polar surface area (TPSA) is 53.1 Å². The quantitative estimate of drug-likeness (QED) is 0.654. The maximum absolute atomic E-state index is 13.4. The number of rotatable bonds is 4. The van der Waals surface area contributed by atoms with Gasteiger partial charge in [0.15, 0.2) is 0 Å². The van der Waals surface area contributed by atoms with Gasteiger partial charge in [0, 0.05) is 22.3 Å². The van der Waals surface area contributed by atoms with Crippen LogP contribution in [0, 0.1) is 11.2 Å². The summed E-state index contributed by atoms with van der Waals surface area (Å²) in [6.07, 6.45) is 0. The van der Waals surface area contributed by atoms with Gasteiger partial charge in [-0.1, -0.05) is 6.07 Å². The van der Waals surface area contributed by atoms with Crippen molar-refractivity contribution in [2.24, 2.45) is 5.73 Å². The van der Waals surface area contributed by atoms with Crippen LogP contribution in [0.1, 0.15) is 12.5 Å². The van der Waals surface area contributed by atoms with E-state index in [1.165, 1.54) is 12.1 Å². The van der Waals surface area contributed by atoms with E-state index >= 15 is 0 Å². The minimum atomic E-state index is -0.266. The Bertz CT molecular complexity index is 643. The fourth-order valence-electron chi connectivity index (χ4n) is 2.03. The largest absolute Gasteiger partial charge is 0.384 e. The molecule has 0 heterocycles. The van der Waals surface area contributed by atoms with Crippen molar-refractivity contribution in [3.05, 3.63) is 58.3 Å². The van der Waals surface area contributed by atoms with Crippen LogP contribution in [-0.2, 0) is 0 Å². The predicted molar refractivity (Wildman–Crippen MR) is 84.2 cm³/mol. The van der Waals surface area contributed by atoms with Gasteiger partial charge in [-0.15, -0.1) is 0 Å². The minimum absolute atomic E-state index is 0.0195. The molecule has 0 amide bonds. The average Bonchev–Trinajstić information content (AvgIpc) is 2.41. The summed E-state index contributed by atoms with van der Waals surface area (Å²) in [5.41, 5.74) is 7.81. The van der Waals surface area contributed by atoms with E-state index in [9.17, 15) is 4.39 Å². The first-order valence-corrected chi connectivity index (χ1v) is 6.99. The molecule has 0 unspecified atom stereocenters. The van der Waals surface area contributed by atoms with E-state index in [4.69, 9.17) is 11.1 Å². The lowest BCUT2D eigenvalue weighted by molar-refractivity contribution is 0.627. The Balaban J connectivity index is 2.44. The SMILES string of the molecule is CCN(c1cccc(F)c1)c1ccc(C(=N)N)cc1Br. The normalized spacial score (nSPS) is 10.3. The second kappa shape index (κ2) is 6.05. The molecule has 104 valence electrons. The molecule has 0 saturated heterocycles. The third-order valence-electron chi connectivity index (χ3n) is 2.99. The van der Waals surface area contributed by atoms with Gasteiger partial charge in [0.05, 0.1) is 5.69 Å². The zero-order valence-corrected chi connectivity index (χ0v) is 12.6. The number of nitrogens with two attached hydrogens (primary N) is 1. The van der Waals surface area contributed by atoms with Crippen molar-refractivity contribution in [1.29, 1.82) is 5.41 Å². The zero-order valence-electron chi connectivity index (χ0n) is 11.0. The summed E-state index contributed by atoms with van der Waals surface area (Å²) in [5, 5.41) is 7.44. The van der Waals surface area contributed by atoms with Crippen molar-refractivity contribution in [2.75, 3.05) is 11.4 Å². The Labute approximate surface area is 125 Å². The third kappa shape index (κ3) is 2.99. The molecule has 3 N–H and O–H groups in total. The van der Waals surface area contributed by atoms with E-state index in [-0.39, 0.29) is 11.7 Å². The summed E-state index contributed by atoms with van der Waals surface area (Å²) in [6, 6.07) is 11.9. The second-order valence-corrected chi connectivity index (χ2v) is 5.16. The number of nitrogen functional groups attached to an aromatic ring is 1. The lowest BCUT2D eigenvalue weighted by Crippen LogP contribution is -2.17. The van der Waals surface area contributed by atoms with Crippen LogP contribution in [0.15, 0.2) is 46.9 Å². The lowest BCUT2D eigenvalue weighted by atomic mass is 10.1. The van der Waals surface area contributed by atoms with Crippen LogP contribution in [0.5, 0.6) is 0 Å². The molecule has 2 aromatic carbocycles. The molecule has 0 fully saturated rings. The predicted octanol–water partition coefficient (Wildman–Crippen LogP) is 4.03.